The molecule has 0 aromatic heterocycles. The first-order valence-corrected chi connectivity index (χ1v) is 12.4. The number of carbonyl (C=O) groups is 5. The van der Waals surface area contributed by atoms with Crippen LogP contribution in [0.4, 0.5) is 0 Å². The van der Waals surface area contributed by atoms with Crippen LogP contribution < -0.4 is 27.4 Å². The van der Waals surface area contributed by atoms with Gasteiger partial charge in [-0.2, -0.15) is 11.8 Å². The van der Waals surface area contributed by atoms with E-state index in [0.717, 1.165) is 0 Å². The van der Waals surface area contributed by atoms with Crippen molar-refractivity contribution in [3.8, 4) is 5.75 Å². The molecule has 4 unspecified atom stereocenters. The van der Waals surface area contributed by atoms with Crippen molar-refractivity contribution in [2.75, 3.05) is 18.6 Å². The monoisotopic (exact) mass is 527 g/mol. The van der Waals surface area contributed by atoms with Crippen LogP contribution in [0.15, 0.2) is 24.3 Å². The Bertz CT molecular complexity index is 914. The number of thioether (sulfide) groups is 1. The van der Waals surface area contributed by atoms with E-state index in [0.29, 0.717) is 11.3 Å². The number of rotatable bonds is 16. The Hall–Kier alpha value is -3.36. The fourth-order valence-corrected chi connectivity index (χ4v) is 3.49. The largest absolute Gasteiger partial charge is 0.508 e. The number of primary amides is 1. The van der Waals surface area contributed by atoms with Gasteiger partial charge in [-0.1, -0.05) is 12.1 Å². The lowest BCUT2D eigenvalue weighted by Gasteiger charge is -2.25. The lowest BCUT2D eigenvalue weighted by molar-refractivity contribution is -0.143. The molecule has 200 valence electrons. The van der Waals surface area contributed by atoms with Crippen LogP contribution in [0.5, 0.6) is 5.75 Å². The van der Waals surface area contributed by atoms with Crippen LogP contribution in [0, 0.1) is 0 Å². The van der Waals surface area contributed by atoms with E-state index in [1.165, 1.54) is 36.0 Å². The van der Waals surface area contributed by atoms with Crippen LogP contribution in [-0.4, -0.2) is 87.7 Å². The van der Waals surface area contributed by atoms with Gasteiger partial charge in [0.25, 0.3) is 0 Å². The molecule has 0 bridgehead atoms. The number of aliphatic hydroxyl groups excluding tert-OH is 1. The molecular weight excluding hydrogens is 494 g/mol. The number of aromatic hydroxyl groups is 1. The summed E-state index contributed by atoms with van der Waals surface area (Å²) in [7, 11) is 0. The van der Waals surface area contributed by atoms with Gasteiger partial charge in [0, 0.05) is 12.8 Å². The van der Waals surface area contributed by atoms with Crippen LogP contribution >= 0.6 is 11.8 Å². The highest BCUT2D eigenvalue weighted by Gasteiger charge is 2.30. The Labute approximate surface area is 212 Å². The fraction of sp³-hybridized carbons (Fsp3) is 0.500. The Kier molecular flexibility index (Phi) is 13.3. The molecule has 4 atom stereocenters. The molecule has 13 nitrogen and oxygen atoms in total. The van der Waals surface area contributed by atoms with Crippen molar-refractivity contribution in [2.45, 2.75) is 49.9 Å². The normalized spacial score (nSPS) is 14.1. The summed E-state index contributed by atoms with van der Waals surface area (Å²) in [5.74, 6) is -3.88. The highest BCUT2D eigenvalue weighted by Crippen LogP contribution is 2.12. The molecule has 0 radical (unpaired) electrons. The molecule has 1 aromatic rings. The van der Waals surface area contributed by atoms with Crippen molar-refractivity contribution >= 4 is 41.4 Å². The lowest BCUT2D eigenvalue weighted by atomic mass is 10.0. The van der Waals surface area contributed by atoms with Crippen molar-refractivity contribution < 1.29 is 39.3 Å². The average molecular weight is 528 g/mol. The minimum absolute atomic E-state index is 0.0116. The van der Waals surface area contributed by atoms with E-state index < -0.39 is 60.4 Å². The van der Waals surface area contributed by atoms with Crippen molar-refractivity contribution in [3.63, 3.8) is 0 Å². The van der Waals surface area contributed by atoms with Crippen LogP contribution in [0.25, 0.3) is 0 Å². The van der Waals surface area contributed by atoms with Gasteiger partial charge in [-0.3, -0.25) is 19.2 Å². The highest BCUT2D eigenvalue weighted by molar-refractivity contribution is 7.98. The number of nitrogens with two attached hydrogens (primary N) is 2. The Morgan fingerprint density at radius 3 is 2.00 bits per heavy atom. The standard InChI is InChI=1S/C22H33N5O8S/c1-36-9-8-15(25-19(31)14(23)6-7-18(24)30)20(32)26-16(10-12-2-4-13(29)5-3-12)21(33)27-17(11-28)22(34)35/h2-5,14-17,28-29H,6-11,23H2,1H3,(H2,24,30)(H,25,31)(H,26,32)(H,27,33)(H,34,35). The summed E-state index contributed by atoms with van der Waals surface area (Å²) in [5.41, 5.74) is 11.4. The van der Waals surface area contributed by atoms with Crippen molar-refractivity contribution in [2.24, 2.45) is 11.5 Å². The molecular formula is C22H33N5O8S. The molecule has 0 saturated carbocycles. The zero-order chi connectivity index (χ0) is 27.3. The van der Waals surface area contributed by atoms with Gasteiger partial charge in [0.1, 0.15) is 23.9 Å². The molecule has 0 aliphatic heterocycles. The second-order valence-corrected chi connectivity index (χ2v) is 8.95. The molecule has 14 heteroatoms. The highest BCUT2D eigenvalue weighted by atomic mass is 32.2. The van der Waals surface area contributed by atoms with Gasteiger partial charge in [-0.15, -0.1) is 0 Å². The summed E-state index contributed by atoms with van der Waals surface area (Å²) < 4.78 is 0. The molecule has 0 heterocycles. The third-order valence-electron chi connectivity index (χ3n) is 5.09. The first-order chi connectivity index (χ1) is 17.0. The minimum atomic E-state index is -1.59. The summed E-state index contributed by atoms with van der Waals surface area (Å²) >= 11 is 1.42. The van der Waals surface area contributed by atoms with E-state index in [-0.39, 0.29) is 31.4 Å². The summed E-state index contributed by atoms with van der Waals surface area (Å²) in [5, 5.41) is 35.1. The maximum atomic E-state index is 13.1. The van der Waals surface area contributed by atoms with Gasteiger partial charge in [-0.05, 0) is 42.5 Å². The first kappa shape index (κ1) is 30.7. The van der Waals surface area contributed by atoms with Crippen LogP contribution in [0.1, 0.15) is 24.8 Å². The molecule has 4 amide bonds. The van der Waals surface area contributed by atoms with E-state index in [2.05, 4.69) is 16.0 Å². The number of hydrogen-bond acceptors (Lipinski definition) is 9. The Morgan fingerprint density at radius 2 is 1.47 bits per heavy atom. The minimum Gasteiger partial charge on any atom is -0.508 e. The topological polar surface area (TPSA) is 234 Å². The Morgan fingerprint density at radius 1 is 0.917 bits per heavy atom. The summed E-state index contributed by atoms with van der Waals surface area (Å²) in [6.45, 7) is -0.865. The predicted molar refractivity (Wildman–Crippen MR) is 132 cm³/mol. The van der Waals surface area contributed by atoms with Crippen LogP contribution in [0.3, 0.4) is 0 Å². The number of carboxylic acid groups (broad SMARTS) is 1. The number of aliphatic hydroxyl groups is 1. The number of aliphatic carboxylic acids is 1. The number of phenolic OH excluding ortho intramolecular Hbond substituents is 1. The summed E-state index contributed by atoms with van der Waals surface area (Å²) in [4.78, 5) is 60.6. The zero-order valence-electron chi connectivity index (χ0n) is 19.8. The number of hydrogen-bond donors (Lipinski definition) is 8. The quantitative estimate of drug-likeness (QED) is 0.116. The molecule has 0 aliphatic carbocycles. The van der Waals surface area contributed by atoms with E-state index in [4.69, 9.17) is 16.6 Å². The van der Waals surface area contributed by atoms with Gasteiger partial charge in [-0.25, -0.2) is 4.79 Å². The summed E-state index contributed by atoms with van der Waals surface area (Å²) in [6, 6.07) is 0.788. The number of carbonyl (C=O) groups excluding carboxylic acids is 4. The van der Waals surface area contributed by atoms with Crippen molar-refractivity contribution in [3.05, 3.63) is 29.8 Å². The average Bonchev–Trinajstić information content (AvgIpc) is 2.83. The van der Waals surface area contributed by atoms with Gasteiger partial charge in [0.05, 0.1) is 12.6 Å². The van der Waals surface area contributed by atoms with E-state index in [1.54, 1.807) is 6.26 Å². The van der Waals surface area contributed by atoms with Crippen molar-refractivity contribution in [1.82, 2.24) is 16.0 Å². The third kappa shape index (κ3) is 10.9. The van der Waals surface area contributed by atoms with Crippen LogP contribution in [0.2, 0.25) is 0 Å². The lowest BCUT2D eigenvalue weighted by Crippen LogP contribution is -2.58. The first-order valence-electron chi connectivity index (χ1n) is 11.0. The molecule has 10 N–H and O–H groups in total. The van der Waals surface area contributed by atoms with E-state index in [9.17, 15) is 34.2 Å². The van der Waals surface area contributed by atoms with E-state index >= 15 is 0 Å². The van der Waals surface area contributed by atoms with Gasteiger partial charge < -0.3 is 42.7 Å². The maximum Gasteiger partial charge on any atom is 0.328 e. The van der Waals surface area contributed by atoms with Gasteiger partial charge in [0.2, 0.25) is 23.6 Å². The molecule has 0 saturated heterocycles. The summed E-state index contributed by atoms with van der Waals surface area (Å²) in [6.07, 6.45) is 1.81. The fourth-order valence-electron chi connectivity index (χ4n) is 3.02. The molecule has 0 aliphatic rings. The molecule has 0 fully saturated rings. The van der Waals surface area contributed by atoms with Crippen molar-refractivity contribution in [1.29, 1.82) is 0 Å². The molecule has 1 aromatic carbocycles. The number of phenols is 1. The second-order valence-electron chi connectivity index (χ2n) is 7.97. The number of nitrogens with one attached hydrogen (secondary N) is 3. The maximum absolute atomic E-state index is 13.1. The van der Waals surface area contributed by atoms with Gasteiger partial charge >= 0.3 is 5.97 Å². The number of carboxylic acids is 1. The SMILES string of the molecule is CSCCC(NC(=O)C(N)CCC(N)=O)C(=O)NC(Cc1ccc(O)cc1)C(=O)NC(CO)C(=O)O. The molecule has 0 spiro atoms. The van der Waals surface area contributed by atoms with Gasteiger partial charge in [0.15, 0.2) is 0 Å². The second kappa shape index (κ2) is 15.6. The van der Waals surface area contributed by atoms with Crippen LogP contribution in [-0.2, 0) is 30.4 Å². The Balaban J connectivity index is 3.06. The van der Waals surface area contributed by atoms with E-state index in [1.807, 2.05) is 0 Å². The molecule has 1 rings (SSSR count). The molecule has 36 heavy (non-hydrogen) atoms. The third-order valence-corrected chi connectivity index (χ3v) is 5.73. The number of amides is 4. The number of benzene rings is 1. The predicted octanol–water partition coefficient (Wildman–Crippen LogP) is -2.19. The zero-order valence-corrected chi connectivity index (χ0v) is 20.6. The smallest absolute Gasteiger partial charge is 0.328 e.